The molecule has 0 amide bonds. The summed E-state index contributed by atoms with van der Waals surface area (Å²) in [6.45, 7) is 3.30. The van der Waals surface area contributed by atoms with Crippen LogP contribution in [0.25, 0.3) is 0 Å². The average Bonchev–Trinajstić information content (AvgIpc) is 2.09. The zero-order valence-electron chi connectivity index (χ0n) is 7.29. The lowest BCUT2D eigenvalue weighted by molar-refractivity contribution is 0.716. The Morgan fingerprint density at radius 3 is 2.83 bits per heavy atom. The highest BCUT2D eigenvalue weighted by Gasteiger charge is 1.94. The quantitative estimate of drug-likeness (QED) is 0.705. The van der Waals surface area contributed by atoms with Crippen molar-refractivity contribution >= 4 is 0 Å². The smallest absolute Gasteiger partial charge is 0.250 e. The van der Waals surface area contributed by atoms with Crippen LogP contribution in [0, 0.1) is 0 Å². The predicted molar refractivity (Wildman–Crippen MR) is 49.1 cm³/mol. The molecule has 0 spiro atoms. The van der Waals surface area contributed by atoms with Gasteiger partial charge in [0.25, 0.3) is 5.56 Å². The van der Waals surface area contributed by atoms with Crippen LogP contribution in [0.5, 0.6) is 0 Å². The van der Waals surface area contributed by atoms with Crippen LogP contribution in [0.4, 0.5) is 0 Å². The molecule has 0 atom stereocenters. The lowest BCUT2D eigenvalue weighted by Gasteiger charge is -2.03. The second kappa shape index (κ2) is 4.07. The number of nitrogens with two attached hydrogens (primary N) is 1. The van der Waals surface area contributed by atoms with Crippen LogP contribution in [0.1, 0.15) is 12.5 Å². The zero-order chi connectivity index (χ0) is 8.97. The van der Waals surface area contributed by atoms with E-state index in [1.165, 1.54) is 0 Å². The highest BCUT2D eigenvalue weighted by atomic mass is 16.1. The molecule has 1 aromatic rings. The van der Waals surface area contributed by atoms with Gasteiger partial charge in [-0.05, 0) is 25.5 Å². The Bertz CT molecular complexity index is 304. The minimum absolute atomic E-state index is 0.0540. The van der Waals surface area contributed by atoms with Crippen molar-refractivity contribution in [2.75, 3.05) is 6.54 Å². The first kappa shape index (κ1) is 9.00. The number of hydrogen-bond acceptors (Lipinski definition) is 2. The molecule has 12 heavy (non-hydrogen) atoms. The van der Waals surface area contributed by atoms with Crippen LogP contribution in [0.2, 0.25) is 0 Å². The summed E-state index contributed by atoms with van der Waals surface area (Å²) < 4.78 is 1.69. The largest absolute Gasteiger partial charge is 0.330 e. The fourth-order valence-corrected chi connectivity index (χ4v) is 1.14. The van der Waals surface area contributed by atoms with E-state index in [0.29, 0.717) is 6.54 Å². The van der Waals surface area contributed by atoms with Crippen molar-refractivity contribution in [1.82, 2.24) is 4.57 Å². The van der Waals surface area contributed by atoms with Crippen molar-refractivity contribution in [3.8, 4) is 0 Å². The molecule has 1 heterocycles. The number of aromatic nitrogens is 1. The summed E-state index contributed by atoms with van der Waals surface area (Å²) in [5.74, 6) is 0. The van der Waals surface area contributed by atoms with E-state index in [9.17, 15) is 4.79 Å². The molecular formula is C9H14N2O. The minimum atomic E-state index is 0.0540. The molecule has 0 aliphatic carbocycles. The molecule has 0 unspecified atom stereocenters. The molecule has 3 heteroatoms. The molecule has 0 saturated carbocycles. The highest BCUT2D eigenvalue weighted by Crippen LogP contribution is 1.95. The maximum Gasteiger partial charge on any atom is 0.250 e. The summed E-state index contributed by atoms with van der Waals surface area (Å²) in [6.07, 6.45) is 2.70. The van der Waals surface area contributed by atoms with Gasteiger partial charge in [0.05, 0.1) is 0 Å². The highest BCUT2D eigenvalue weighted by molar-refractivity contribution is 5.10. The van der Waals surface area contributed by atoms with Gasteiger partial charge >= 0.3 is 0 Å². The van der Waals surface area contributed by atoms with Crippen LogP contribution in [-0.4, -0.2) is 11.1 Å². The molecule has 0 radical (unpaired) electrons. The van der Waals surface area contributed by atoms with Crippen LogP contribution in [-0.2, 0) is 13.0 Å². The van der Waals surface area contributed by atoms with E-state index in [1.807, 2.05) is 19.2 Å². The number of pyridine rings is 1. The van der Waals surface area contributed by atoms with E-state index in [-0.39, 0.29) is 5.56 Å². The molecule has 0 aliphatic rings. The predicted octanol–water partition coefficient (Wildman–Crippen LogP) is 0.369. The fraction of sp³-hybridized carbons (Fsp3) is 0.444. The Morgan fingerprint density at radius 2 is 2.25 bits per heavy atom. The molecule has 0 fully saturated rings. The van der Waals surface area contributed by atoms with E-state index < -0.39 is 0 Å². The van der Waals surface area contributed by atoms with Gasteiger partial charge in [0.2, 0.25) is 0 Å². The van der Waals surface area contributed by atoms with E-state index in [4.69, 9.17) is 5.73 Å². The van der Waals surface area contributed by atoms with Crippen molar-refractivity contribution in [1.29, 1.82) is 0 Å². The SMILES string of the molecule is CCn1cc(CCN)ccc1=O. The normalized spacial score (nSPS) is 10.2. The first-order valence-corrected chi connectivity index (χ1v) is 4.17. The number of rotatable bonds is 3. The van der Waals surface area contributed by atoms with E-state index >= 15 is 0 Å². The summed E-state index contributed by atoms with van der Waals surface area (Å²) in [5.41, 5.74) is 6.58. The van der Waals surface area contributed by atoms with Gasteiger partial charge in [-0.2, -0.15) is 0 Å². The van der Waals surface area contributed by atoms with Gasteiger partial charge in [-0.25, -0.2) is 0 Å². The molecule has 0 bridgehead atoms. The van der Waals surface area contributed by atoms with Gasteiger partial charge in [-0.15, -0.1) is 0 Å². The third-order valence-electron chi connectivity index (χ3n) is 1.82. The van der Waals surface area contributed by atoms with Crippen LogP contribution >= 0.6 is 0 Å². The molecular weight excluding hydrogens is 152 g/mol. The van der Waals surface area contributed by atoms with E-state index in [0.717, 1.165) is 18.5 Å². The topological polar surface area (TPSA) is 48.0 Å². The van der Waals surface area contributed by atoms with Gasteiger partial charge in [-0.1, -0.05) is 6.07 Å². The third kappa shape index (κ3) is 1.95. The van der Waals surface area contributed by atoms with Crippen molar-refractivity contribution in [3.63, 3.8) is 0 Å². The van der Waals surface area contributed by atoms with E-state index in [1.54, 1.807) is 10.6 Å². The van der Waals surface area contributed by atoms with Crippen LogP contribution in [0.15, 0.2) is 23.1 Å². The summed E-state index contributed by atoms with van der Waals surface area (Å²) >= 11 is 0. The standard InChI is InChI=1S/C9H14N2O/c1-2-11-7-8(5-6-10)3-4-9(11)12/h3-4,7H,2,5-6,10H2,1H3. The minimum Gasteiger partial charge on any atom is -0.330 e. The Labute approximate surface area is 71.8 Å². The number of nitrogens with zero attached hydrogens (tertiary/aromatic N) is 1. The maximum atomic E-state index is 11.1. The second-order valence-corrected chi connectivity index (χ2v) is 2.70. The van der Waals surface area contributed by atoms with Crippen molar-refractivity contribution in [2.24, 2.45) is 5.73 Å². The summed E-state index contributed by atoms with van der Waals surface area (Å²) in [4.78, 5) is 11.1. The van der Waals surface area contributed by atoms with E-state index in [2.05, 4.69) is 0 Å². The van der Waals surface area contributed by atoms with Crippen LogP contribution in [0.3, 0.4) is 0 Å². The summed E-state index contributed by atoms with van der Waals surface area (Å²) in [5, 5.41) is 0. The lowest BCUT2D eigenvalue weighted by atomic mass is 10.2. The van der Waals surface area contributed by atoms with Gasteiger partial charge < -0.3 is 10.3 Å². The average molecular weight is 166 g/mol. The lowest BCUT2D eigenvalue weighted by Crippen LogP contribution is -2.18. The first-order chi connectivity index (χ1) is 5.77. The third-order valence-corrected chi connectivity index (χ3v) is 1.82. The van der Waals surface area contributed by atoms with Crippen LogP contribution < -0.4 is 11.3 Å². The Balaban J connectivity index is 2.97. The molecule has 0 aliphatic heterocycles. The molecule has 1 aromatic heterocycles. The second-order valence-electron chi connectivity index (χ2n) is 2.70. The number of hydrogen-bond donors (Lipinski definition) is 1. The molecule has 0 saturated heterocycles. The van der Waals surface area contributed by atoms with Gasteiger partial charge in [0, 0.05) is 18.8 Å². The molecule has 1 rings (SSSR count). The Hall–Kier alpha value is -1.09. The first-order valence-electron chi connectivity index (χ1n) is 4.17. The summed E-state index contributed by atoms with van der Waals surface area (Å²) in [6, 6.07) is 3.43. The van der Waals surface area contributed by atoms with Crippen molar-refractivity contribution in [3.05, 3.63) is 34.2 Å². The van der Waals surface area contributed by atoms with Crippen molar-refractivity contribution < 1.29 is 0 Å². The summed E-state index contributed by atoms with van der Waals surface area (Å²) in [7, 11) is 0. The Morgan fingerprint density at radius 1 is 1.50 bits per heavy atom. The van der Waals surface area contributed by atoms with Gasteiger partial charge in [0.1, 0.15) is 0 Å². The van der Waals surface area contributed by atoms with Crippen molar-refractivity contribution in [2.45, 2.75) is 19.9 Å². The Kier molecular flexibility index (Phi) is 3.05. The monoisotopic (exact) mass is 166 g/mol. The molecule has 3 nitrogen and oxygen atoms in total. The molecule has 66 valence electrons. The molecule has 2 N–H and O–H groups in total. The molecule has 0 aromatic carbocycles. The van der Waals surface area contributed by atoms with Gasteiger partial charge in [0.15, 0.2) is 0 Å². The fourth-order valence-electron chi connectivity index (χ4n) is 1.14. The zero-order valence-corrected chi connectivity index (χ0v) is 7.29. The maximum absolute atomic E-state index is 11.1. The number of aryl methyl sites for hydroxylation is 1. The van der Waals surface area contributed by atoms with Gasteiger partial charge in [-0.3, -0.25) is 4.79 Å².